The van der Waals surface area contributed by atoms with Crippen LogP contribution in [0.15, 0.2) is 0 Å². The Morgan fingerprint density at radius 2 is 1.81 bits per heavy atom. The van der Waals surface area contributed by atoms with Gasteiger partial charge < -0.3 is 5.32 Å². The molecule has 0 aliphatic heterocycles. The van der Waals surface area contributed by atoms with Crippen molar-refractivity contribution in [3.8, 4) is 0 Å². The second kappa shape index (κ2) is 8.30. The van der Waals surface area contributed by atoms with Crippen LogP contribution in [0.4, 0.5) is 5.82 Å². The molecule has 0 bridgehead atoms. The standard InChI is InChI=1S/C17H28IN3/c1-4-19-17-15(18)14(11-12(2)3)20-16(21-17)13-9-7-5-6-8-10-13/h12-13H,4-11H2,1-3H3,(H,19,20,21). The van der Waals surface area contributed by atoms with Crippen LogP contribution in [0.2, 0.25) is 0 Å². The SMILES string of the molecule is CCNc1nc(C2CCCCCC2)nc(CC(C)C)c1I. The third-order valence-corrected chi connectivity index (χ3v) is 5.24. The molecule has 0 atom stereocenters. The van der Waals surface area contributed by atoms with E-state index in [0.717, 1.165) is 24.6 Å². The molecule has 118 valence electrons. The highest BCUT2D eigenvalue weighted by Gasteiger charge is 2.21. The van der Waals surface area contributed by atoms with Gasteiger partial charge in [-0.25, -0.2) is 9.97 Å². The Hall–Kier alpha value is -0.390. The second-order valence-electron chi connectivity index (χ2n) is 6.51. The van der Waals surface area contributed by atoms with Gasteiger partial charge in [-0.15, -0.1) is 0 Å². The van der Waals surface area contributed by atoms with Gasteiger partial charge in [-0.3, -0.25) is 0 Å². The van der Waals surface area contributed by atoms with E-state index in [1.54, 1.807) is 0 Å². The minimum absolute atomic E-state index is 0.563. The lowest BCUT2D eigenvalue weighted by molar-refractivity contribution is 0.550. The molecule has 0 amide bonds. The third-order valence-electron chi connectivity index (χ3n) is 4.10. The minimum Gasteiger partial charge on any atom is -0.369 e. The summed E-state index contributed by atoms with van der Waals surface area (Å²) in [7, 11) is 0. The van der Waals surface area contributed by atoms with Gasteiger partial charge in [0.2, 0.25) is 0 Å². The molecular weight excluding hydrogens is 373 g/mol. The molecular formula is C17H28IN3. The number of anilines is 1. The van der Waals surface area contributed by atoms with E-state index in [1.807, 2.05) is 0 Å². The van der Waals surface area contributed by atoms with Crippen LogP contribution in [0.5, 0.6) is 0 Å². The highest BCUT2D eigenvalue weighted by Crippen LogP contribution is 2.32. The van der Waals surface area contributed by atoms with Crippen LogP contribution in [-0.4, -0.2) is 16.5 Å². The quantitative estimate of drug-likeness (QED) is 0.548. The Kier molecular flexibility index (Phi) is 6.71. The van der Waals surface area contributed by atoms with Crippen LogP contribution in [0.3, 0.4) is 0 Å². The van der Waals surface area contributed by atoms with Crippen molar-refractivity contribution in [3.05, 3.63) is 15.1 Å². The van der Waals surface area contributed by atoms with Crippen molar-refractivity contribution in [2.24, 2.45) is 5.92 Å². The first-order valence-electron chi connectivity index (χ1n) is 8.42. The van der Waals surface area contributed by atoms with Crippen molar-refractivity contribution < 1.29 is 0 Å². The summed E-state index contributed by atoms with van der Waals surface area (Å²) in [6, 6.07) is 0. The van der Waals surface area contributed by atoms with Gasteiger partial charge >= 0.3 is 0 Å². The molecule has 1 aliphatic carbocycles. The summed E-state index contributed by atoms with van der Waals surface area (Å²) >= 11 is 2.41. The van der Waals surface area contributed by atoms with E-state index in [0.29, 0.717) is 11.8 Å². The van der Waals surface area contributed by atoms with Gasteiger partial charge in [-0.05, 0) is 54.7 Å². The molecule has 0 radical (unpaired) electrons. The van der Waals surface area contributed by atoms with Gasteiger partial charge in [0.15, 0.2) is 0 Å². The van der Waals surface area contributed by atoms with Crippen molar-refractivity contribution in [1.29, 1.82) is 0 Å². The number of hydrogen-bond acceptors (Lipinski definition) is 3. The Bertz CT molecular complexity index is 452. The predicted octanol–water partition coefficient (Wildman–Crippen LogP) is 5.15. The number of nitrogens with one attached hydrogen (secondary N) is 1. The molecule has 1 heterocycles. The summed E-state index contributed by atoms with van der Waals surface area (Å²) in [6.07, 6.45) is 8.96. The Morgan fingerprint density at radius 1 is 1.14 bits per heavy atom. The maximum atomic E-state index is 4.96. The van der Waals surface area contributed by atoms with Crippen LogP contribution >= 0.6 is 22.6 Å². The Labute approximate surface area is 142 Å². The number of nitrogens with zero attached hydrogens (tertiary/aromatic N) is 2. The van der Waals surface area contributed by atoms with E-state index in [4.69, 9.17) is 9.97 Å². The fourth-order valence-electron chi connectivity index (χ4n) is 3.04. The molecule has 1 aromatic heterocycles. The monoisotopic (exact) mass is 401 g/mol. The van der Waals surface area contributed by atoms with Crippen molar-refractivity contribution >= 4 is 28.4 Å². The van der Waals surface area contributed by atoms with E-state index < -0.39 is 0 Å². The second-order valence-corrected chi connectivity index (χ2v) is 7.59. The van der Waals surface area contributed by atoms with E-state index >= 15 is 0 Å². The molecule has 1 saturated carbocycles. The largest absolute Gasteiger partial charge is 0.369 e. The van der Waals surface area contributed by atoms with Crippen LogP contribution in [-0.2, 0) is 6.42 Å². The predicted molar refractivity (Wildman–Crippen MR) is 97.9 cm³/mol. The zero-order valence-corrected chi connectivity index (χ0v) is 15.7. The molecule has 3 nitrogen and oxygen atoms in total. The molecule has 0 saturated heterocycles. The molecule has 1 aromatic rings. The molecule has 1 fully saturated rings. The summed E-state index contributed by atoms with van der Waals surface area (Å²) in [4.78, 5) is 9.83. The summed E-state index contributed by atoms with van der Waals surface area (Å²) in [5, 5.41) is 3.43. The van der Waals surface area contributed by atoms with E-state index in [1.165, 1.54) is 47.8 Å². The fraction of sp³-hybridized carbons (Fsp3) is 0.765. The topological polar surface area (TPSA) is 37.8 Å². The molecule has 4 heteroatoms. The molecule has 0 aromatic carbocycles. The maximum Gasteiger partial charge on any atom is 0.143 e. The highest BCUT2D eigenvalue weighted by atomic mass is 127. The zero-order chi connectivity index (χ0) is 15.2. The van der Waals surface area contributed by atoms with Crippen molar-refractivity contribution in [1.82, 2.24) is 9.97 Å². The van der Waals surface area contributed by atoms with Gasteiger partial charge in [0.05, 0.1) is 9.26 Å². The summed E-state index contributed by atoms with van der Waals surface area (Å²) < 4.78 is 1.21. The zero-order valence-electron chi connectivity index (χ0n) is 13.6. The molecule has 1 aliphatic rings. The average Bonchev–Trinajstić information content (AvgIpc) is 2.72. The molecule has 1 N–H and O–H groups in total. The van der Waals surface area contributed by atoms with Gasteiger partial charge in [0, 0.05) is 12.5 Å². The lowest BCUT2D eigenvalue weighted by atomic mass is 9.99. The first-order valence-corrected chi connectivity index (χ1v) is 9.49. The summed E-state index contributed by atoms with van der Waals surface area (Å²) in [6.45, 7) is 7.57. The van der Waals surface area contributed by atoms with Crippen molar-refractivity contribution in [2.45, 2.75) is 71.6 Å². The lowest BCUT2D eigenvalue weighted by Crippen LogP contribution is -2.14. The van der Waals surface area contributed by atoms with Gasteiger partial charge in [0.25, 0.3) is 0 Å². The normalized spacial score (nSPS) is 17.0. The van der Waals surface area contributed by atoms with E-state index in [9.17, 15) is 0 Å². The first kappa shape index (κ1) is 17.0. The molecule has 0 spiro atoms. The minimum atomic E-state index is 0.563. The van der Waals surface area contributed by atoms with E-state index in [-0.39, 0.29) is 0 Å². The van der Waals surface area contributed by atoms with Gasteiger partial charge in [-0.2, -0.15) is 0 Å². The third kappa shape index (κ3) is 4.80. The molecule has 0 unspecified atom stereocenters. The fourth-order valence-corrected chi connectivity index (χ4v) is 3.69. The molecule has 2 rings (SSSR count). The van der Waals surface area contributed by atoms with Crippen LogP contribution in [0.1, 0.15) is 76.7 Å². The number of hydrogen-bond donors (Lipinski definition) is 1. The van der Waals surface area contributed by atoms with Gasteiger partial charge in [-0.1, -0.05) is 39.5 Å². The van der Waals surface area contributed by atoms with Gasteiger partial charge in [0.1, 0.15) is 11.6 Å². The van der Waals surface area contributed by atoms with Crippen LogP contribution in [0.25, 0.3) is 0 Å². The van der Waals surface area contributed by atoms with E-state index in [2.05, 4.69) is 48.7 Å². The average molecular weight is 401 g/mol. The smallest absolute Gasteiger partial charge is 0.143 e. The Balaban J connectivity index is 2.32. The lowest BCUT2D eigenvalue weighted by Gasteiger charge is -2.18. The highest BCUT2D eigenvalue weighted by molar-refractivity contribution is 14.1. The summed E-state index contributed by atoms with van der Waals surface area (Å²) in [5.41, 5.74) is 1.23. The van der Waals surface area contributed by atoms with Crippen molar-refractivity contribution in [2.75, 3.05) is 11.9 Å². The first-order chi connectivity index (χ1) is 10.1. The number of halogens is 1. The summed E-state index contributed by atoms with van der Waals surface area (Å²) in [5.74, 6) is 3.32. The molecule has 21 heavy (non-hydrogen) atoms. The Morgan fingerprint density at radius 3 is 2.38 bits per heavy atom. The van der Waals surface area contributed by atoms with Crippen LogP contribution < -0.4 is 5.32 Å². The number of rotatable bonds is 5. The van der Waals surface area contributed by atoms with Crippen molar-refractivity contribution in [3.63, 3.8) is 0 Å². The number of aromatic nitrogens is 2. The maximum absolute atomic E-state index is 4.96. The van der Waals surface area contributed by atoms with Crippen LogP contribution in [0, 0.1) is 9.49 Å².